The zero-order valence-electron chi connectivity index (χ0n) is 7.95. The third-order valence-corrected chi connectivity index (χ3v) is 2.22. The first-order chi connectivity index (χ1) is 6.27. The van der Waals surface area contributed by atoms with Crippen LogP contribution in [0.3, 0.4) is 0 Å². The first-order valence-electron chi connectivity index (χ1n) is 4.44. The Hall–Kier alpha value is -1.01. The van der Waals surface area contributed by atoms with Crippen LogP contribution < -0.4 is 0 Å². The Balaban J connectivity index is 2.32. The van der Waals surface area contributed by atoms with E-state index >= 15 is 0 Å². The van der Waals surface area contributed by atoms with Crippen molar-refractivity contribution in [1.82, 2.24) is 0 Å². The van der Waals surface area contributed by atoms with Gasteiger partial charge in [0.05, 0.1) is 0 Å². The fraction of sp³-hybridized carbons (Fsp3) is 0.700. The van der Waals surface area contributed by atoms with Crippen molar-refractivity contribution < 1.29 is 9.57 Å². The second-order valence-corrected chi connectivity index (χ2v) is 3.48. The third kappa shape index (κ3) is 3.47. The van der Waals surface area contributed by atoms with Gasteiger partial charge in [0, 0.05) is 24.8 Å². The van der Waals surface area contributed by atoms with Crippen molar-refractivity contribution in [3.8, 4) is 12.3 Å². The summed E-state index contributed by atoms with van der Waals surface area (Å²) in [6.07, 6.45) is 8.84. The van der Waals surface area contributed by atoms with Gasteiger partial charge in [0.25, 0.3) is 0 Å². The second-order valence-electron chi connectivity index (χ2n) is 3.48. The van der Waals surface area contributed by atoms with E-state index in [-0.39, 0.29) is 12.0 Å². The van der Waals surface area contributed by atoms with Gasteiger partial charge < -0.3 is 9.57 Å². The molecule has 0 aromatic rings. The van der Waals surface area contributed by atoms with Gasteiger partial charge in [0.15, 0.2) is 6.61 Å². The molecule has 0 aliphatic carbocycles. The molecular weight excluding hydrogens is 166 g/mol. The van der Waals surface area contributed by atoms with Crippen molar-refractivity contribution in [2.75, 3.05) is 19.8 Å². The first-order valence-corrected chi connectivity index (χ1v) is 4.44. The highest BCUT2D eigenvalue weighted by molar-refractivity contribution is 5.64. The summed E-state index contributed by atoms with van der Waals surface area (Å²) in [6.45, 7) is 4.00. The van der Waals surface area contributed by atoms with Crippen LogP contribution in [0.1, 0.15) is 19.8 Å². The quantitative estimate of drug-likeness (QED) is 0.285. The lowest BCUT2D eigenvalue weighted by Crippen LogP contribution is -2.27. The van der Waals surface area contributed by atoms with Gasteiger partial charge in [-0.3, -0.25) is 0 Å². The van der Waals surface area contributed by atoms with Crippen LogP contribution in [0.4, 0.5) is 0 Å². The van der Waals surface area contributed by atoms with E-state index < -0.39 is 0 Å². The predicted octanol–water partition coefficient (Wildman–Crippen LogP) is 1.44. The summed E-state index contributed by atoms with van der Waals surface area (Å²) in [7, 11) is 0. The largest absolute Gasteiger partial charge is 0.383 e. The van der Waals surface area contributed by atoms with E-state index in [2.05, 4.69) is 18.0 Å². The van der Waals surface area contributed by atoms with E-state index in [0.717, 1.165) is 26.1 Å². The molecule has 0 N–H and O–H groups in total. The Labute approximate surface area is 79.1 Å². The van der Waals surface area contributed by atoms with Gasteiger partial charge in [0.2, 0.25) is 0 Å². The maximum atomic E-state index is 5.26. The van der Waals surface area contributed by atoms with Crippen LogP contribution in [0.5, 0.6) is 0 Å². The van der Waals surface area contributed by atoms with Gasteiger partial charge in [-0.1, -0.05) is 18.0 Å². The molecule has 1 aliphatic rings. The number of hydrogen-bond donors (Lipinski definition) is 0. The van der Waals surface area contributed by atoms with Crippen molar-refractivity contribution in [2.24, 2.45) is 10.6 Å². The van der Waals surface area contributed by atoms with Gasteiger partial charge >= 0.3 is 0 Å². The van der Waals surface area contributed by atoms with Crippen LogP contribution in [0.2, 0.25) is 0 Å². The maximum absolute atomic E-state index is 5.26. The van der Waals surface area contributed by atoms with Crippen molar-refractivity contribution in [3.05, 3.63) is 0 Å². The van der Waals surface area contributed by atoms with Crippen molar-refractivity contribution in [3.63, 3.8) is 0 Å². The molecule has 3 heteroatoms. The zero-order chi connectivity index (χ0) is 9.57. The lowest BCUT2D eigenvalue weighted by molar-refractivity contribution is 0.0522. The smallest absolute Gasteiger partial charge is 0.177 e. The van der Waals surface area contributed by atoms with Crippen molar-refractivity contribution in [1.29, 1.82) is 0 Å². The molecule has 72 valence electrons. The van der Waals surface area contributed by atoms with Crippen LogP contribution in [-0.4, -0.2) is 26.0 Å². The molecule has 0 bridgehead atoms. The lowest BCUT2D eigenvalue weighted by Gasteiger charge is -2.28. The molecule has 13 heavy (non-hydrogen) atoms. The minimum atomic E-state index is 0.118. The fourth-order valence-electron chi connectivity index (χ4n) is 1.21. The number of ether oxygens (including phenoxy) is 1. The average Bonchev–Trinajstić information content (AvgIpc) is 2.14. The van der Waals surface area contributed by atoms with E-state index in [1.807, 2.05) is 6.21 Å². The zero-order valence-corrected chi connectivity index (χ0v) is 7.95. The molecule has 1 rings (SSSR count). The van der Waals surface area contributed by atoms with E-state index in [9.17, 15) is 0 Å². The van der Waals surface area contributed by atoms with Gasteiger partial charge in [-0.15, -0.1) is 6.42 Å². The summed E-state index contributed by atoms with van der Waals surface area (Å²) < 4.78 is 5.26. The number of nitrogens with zero attached hydrogens (tertiary/aromatic N) is 1. The molecule has 1 fully saturated rings. The lowest BCUT2D eigenvalue weighted by atomic mass is 9.84. The third-order valence-electron chi connectivity index (χ3n) is 2.22. The van der Waals surface area contributed by atoms with E-state index in [1.54, 1.807) is 0 Å². The summed E-state index contributed by atoms with van der Waals surface area (Å²) in [6, 6.07) is 0. The number of rotatable bonds is 3. The Morgan fingerprint density at radius 3 is 2.92 bits per heavy atom. The molecule has 1 aliphatic heterocycles. The molecule has 0 atom stereocenters. The molecule has 3 nitrogen and oxygen atoms in total. The Kier molecular flexibility index (Phi) is 3.78. The highest BCUT2D eigenvalue weighted by atomic mass is 16.6. The molecule has 0 amide bonds. The normalized spacial score (nSPS) is 21.2. The summed E-state index contributed by atoms with van der Waals surface area (Å²) in [5, 5.41) is 3.83. The van der Waals surface area contributed by atoms with Gasteiger partial charge in [-0.25, -0.2) is 0 Å². The van der Waals surface area contributed by atoms with E-state index in [4.69, 9.17) is 16.0 Å². The summed E-state index contributed by atoms with van der Waals surface area (Å²) in [5.74, 6) is 2.36. The van der Waals surface area contributed by atoms with E-state index in [1.165, 1.54) is 0 Å². The summed E-state index contributed by atoms with van der Waals surface area (Å²) in [5.41, 5.74) is 0.118. The first kappa shape index (κ1) is 10.1. The SMILES string of the molecule is C#CCO/N=C/C1(C)CCOCC1. The number of terminal acetylenes is 1. The topological polar surface area (TPSA) is 30.8 Å². The van der Waals surface area contributed by atoms with Crippen LogP contribution in [0.25, 0.3) is 0 Å². The highest BCUT2D eigenvalue weighted by Gasteiger charge is 2.25. The average molecular weight is 181 g/mol. The molecule has 0 aromatic heterocycles. The molecule has 1 saturated heterocycles. The van der Waals surface area contributed by atoms with Crippen LogP contribution >= 0.6 is 0 Å². The standard InChI is InChI=1S/C10H15NO2/c1-3-6-13-11-9-10(2)4-7-12-8-5-10/h1,9H,4-8H2,2H3/b11-9+. The molecule has 0 unspecified atom stereocenters. The van der Waals surface area contributed by atoms with Crippen LogP contribution in [-0.2, 0) is 9.57 Å². The molecular formula is C10H15NO2. The molecule has 0 saturated carbocycles. The fourth-order valence-corrected chi connectivity index (χ4v) is 1.21. The minimum Gasteiger partial charge on any atom is -0.383 e. The van der Waals surface area contributed by atoms with Crippen LogP contribution in [0, 0.1) is 17.8 Å². The monoisotopic (exact) mass is 181 g/mol. The minimum absolute atomic E-state index is 0.118. The molecule has 1 heterocycles. The second kappa shape index (κ2) is 4.88. The molecule has 0 radical (unpaired) electrons. The van der Waals surface area contributed by atoms with Crippen molar-refractivity contribution >= 4 is 6.21 Å². The predicted molar refractivity (Wildman–Crippen MR) is 51.4 cm³/mol. The van der Waals surface area contributed by atoms with Crippen molar-refractivity contribution in [2.45, 2.75) is 19.8 Å². The highest BCUT2D eigenvalue weighted by Crippen LogP contribution is 2.27. The van der Waals surface area contributed by atoms with Crippen LogP contribution in [0.15, 0.2) is 5.16 Å². The Morgan fingerprint density at radius 1 is 1.62 bits per heavy atom. The Morgan fingerprint density at radius 2 is 2.31 bits per heavy atom. The van der Waals surface area contributed by atoms with Gasteiger partial charge in [-0.05, 0) is 12.8 Å². The summed E-state index contributed by atoms with van der Waals surface area (Å²) in [4.78, 5) is 4.84. The molecule has 0 aromatic carbocycles. The van der Waals surface area contributed by atoms with E-state index in [0.29, 0.717) is 0 Å². The van der Waals surface area contributed by atoms with Gasteiger partial charge in [-0.2, -0.15) is 0 Å². The number of oxime groups is 1. The maximum Gasteiger partial charge on any atom is 0.177 e. The number of hydrogen-bond acceptors (Lipinski definition) is 3. The summed E-state index contributed by atoms with van der Waals surface area (Å²) >= 11 is 0. The van der Waals surface area contributed by atoms with Gasteiger partial charge in [0.1, 0.15) is 0 Å². The molecule has 0 spiro atoms. The Bertz CT molecular complexity index is 211.